The summed E-state index contributed by atoms with van der Waals surface area (Å²) in [6.45, 7) is 3.68. The minimum Gasteiger partial charge on any atom is -0.494 e. The fraction of sp³-hybridized carbons (Fsp3) is 0.500. The molecule has 0 spiro atoms. The van der Waals surface area contributed by atoms with E-state index in [2.05, 4.69) is 0 Å². The van der Waals surface area contributed by atoms with Crippen LogP contribution in [-0.4, -0.2) is 32.9 Å². The fourth-order valence-corrected chi connectivity index (χ4v) is 2.15. The van der Waals surface area contributed by atoms with Crippen molar-refractivity contribution >= 4 is 5.97 Å². The van der Waals surface area contributed by atoms with Crippen LogP contribution in [0.3, 0.4) is 0 Å². The van der Waals surface area contributed by atoms with Gasteiger partial charge in [0.25, 0.3) is 0 Å². The highest BCUT2D eigenvalue weighted by Crippen LogP contribution is 2.37. The number of hydrogen-bond acceptors (Lipinski definition) is 4. The third-order valence-electron chi connectivity index (χ3n) is 3.22. The van der Waals surface area contributed by atoms with E-state index in [0.717, 1.165) is 11.3 Å². The average Bonchev–Trinajstić information content (AvgIpc) is 2.34. The molecule has 0 aromatic heterocycles. The van der Waals surface area contributed by atoms with Gasteiger partial charge in [-0.2, -0.15) is 0 Å². The van der Waals surface area contributed by atoms with E-state index in [9.17, 15) is 4.79 Å². The van der Waals surface area contributed by atoms with Crippen molar-refractivity contribution < 1.29 is 19.0 Å². The highest BCUT2D eigenvalue weighted by molar-refractivity contribution is 5.71. The molecule has 0 atom stereocenters. The highest BCUT2D eigenvalue weighted by atomic mass is 16.5. The first-order valence-electron chi connectivity index (χ1n) is 6.08. The zero-order valence-corrected chi connectivity index (χ0v) is 10.8. The van der Waals surface area contributed by atoms with Crippen molar-refractivity contribution in [2.75, 3.05) is 26.9 Å². The van der Waals surface area contributed by atoms with Crippen molar-refractivity contribution in [2.45, 2.75) is 18.8 Å². The third-order valence-corrected chi connectivity index (χ3v) is 3.22. The van der Waals surface area contributed by atoms with Gasteiger partial charge in [0.15, 0.2) is 0 Å². The fourth-order valence-electron chi connectivity index (χ4n) is 2.15. The molecule has 98 valence electrons. The summed E-state index contributed by atoms with van der Waals surface area (Å²) in [5.74, 6) is 0.617. The van der Waals surface area contributed by atoms with Gasteiger partial charge in [-0.25, -0.2) is 0 Å². The molecule has 0 amide bonds. The molecule has 1 aromatic rings. The summed E-state index contributed by atoms with van der Waals surface area (Å²) in [6, 6.07) is 7.85. The molecular formula is C14H18O4. The van der Waals surface area contributed by atoms with Gasteiger partial charge in [0.1, 0.15) is 5.75 Å². The molecule has 1 fully saturated rings. The molecule has 1 aromatic carbocycles. The van der Waals surface area contributed by atoms with Crippen molar-refractivity contribution in [3.63, 3.8) is 0 Å². The predicted molar refractivity (Wildman–Crippen MR) is 66.7 cm³/mol. The van der Waals surface area contributed by atoms with E-state index in [-0.39, 0.29) is 11.4 Å². The topological polar surface area (TPSA) is 44.8 Å². The smallest absolute Gasteiger partial charge is 0.306 e. The molecule has 0 aliphatic carbocycles. The second-order valence-electron chi connectivity index (χ2n) is 4.49. The molecule has 1 heterocycles. The van der Waals surface area contributed by atoms with Crippen LogP contribution in [0.1, 0.15) is 18.9 Å². The summed E-state index contributed by atoms with van der Waals surface area (Å²) in [4.78, 5) is 11.5. The number of ether oxygens (including phenoxy) is 3. The van der Waals surface area contributed by atoms with E-state index in [1.165, 1.54) is 7.11 Å². The first kappa shape index (κ1) is 12.9. The van der Waals surface area contributed by atoms with E-state index in [0.29, 0.717) is 26.2 Å². The SMILES string of the molecule is CCOc1cccc(C2(CC(=O)OC)COC2)c1. The Balaban J connectivity index is 2.21. The average molecular weight is 250 g/mol. The molecule has 4 heteroatoms. The van der Waals surface area contributed by atoms with Crippen molar-refractivity contribution in [2.24, 2.45) is 0 Å². The molecule has 0 saturated carbocycles. The van der Waals surface area contributed by atoms with Gasteiger partial charge in [0, 0.05) is 0 Å². The van der Waals surface area contributed by atoms with Gasteiger partial charge in [-0.15, -0.1) is 0 Å². The molecule has 0 unspecified atom stereocenters. The van der Waals surface area contributed by atoms with Crippen molar-refractivity contribution in [3.05, 3.63) is 29.8 Å². The van der Waals surface area contributed by atoms with Crippen LogP contribution in [0.25, 0.3) is 0 Å². The first-order chi connectivity index (χ1) is 8.70. The van der Waals surface area contributed by atoms with Gasteiger partial charge in [-0.05, 0) is 24.6 Å². The van der Waals surface area contributed by atoms with E-state index in [1.54, 1.807) is 0 Å². The summed E-state index contributed by atoms with van der Waals surface area (Å²) >= 11 is 0. The number of benzene rings is 1. The Bertz CT molecular complexity index is 424. The van der Waals surface area contributed by atoms with Gasteiger partial charge in [-0.1, -0.05) is 12.1 Å². The maximum atomic E-state index is 11.5. The Morgan fingerprint density at radius 3 is 2.78 bits per heavy atom. The summed E-state index contributed by atoms with van der Waals surface area (Å²) in [5.41, 5.74) is 0.824. The lowest BCUT2D eigenvalue weighted by atomic mass is 9.76. The molecule has 1 aliphatic rings. The van der Waals surface area contributed by atoms with Gasteiger partial charge >= 0.3 is 5.97 Å². The van der Waals surface area contributed by atoms with Gasteiger partial charge in [-0.3, -0.25) is 4.79 Å². The van der Waals surface area contributed by atoms with Crippen molar-refractivity contribution in [1.29, 1.82) is 0 Å². The maximum absolute atomic E-state index is 11.5. The molecule has 4 nitrogen and oxygen atoms in total. The number of esters is 1. The van der Waals surface area contributed by atoms with Crippen LogP contribution in [0.2, 0.25) is 0 Å². The van der Waals surface area contributed by atoms with Crippen molar-refractivity contribution in [3.8, 4) is 5.75 Å². The minimum atomic E-state index is -0.250. The van der Waals surface area contributed by atoms with Crippen molar-refractivity contribution in [1.82, 2.24) is 0 Å². The largest absolute Gasteiger partial charge is 0.494 e. The minimum absolute atomic E-state index is 0.208. The second-order valence-corrected chi connectivity index (χ2v) is 4.49. The van der Waals surface area contributed by atoms with Crippen LogP contribution in [0.15, 0.2) is 24.3 Å². The Morgan fingerprint density at radius 1 is 1.44 bits per heavy atom. The Labute approximate surface area is 107 Å². The summed E-state index contributed by atoms with van der Waals surface area (Å²) in [6.07, 6.45) is 0.346. The Hall–Kier alpha value is -1.55. The molecule has 1 saturated heterocycles. The van der Waals surface area contributed by atoms with Crippen LogP contribution in [0.5, 0.6) is 5.75 Å². The molecule has 2 rings (SSSR count). The molecule has 1 aliphatic heterocycles. The Kier molecular flexibility index (Phi) is 3.87. The van der Waals surface area contributed by atoms with Crippen LogP contribution in [0, 0.1) is 0 Å². The second kappa shape index (κ2) is 5.40. The van der Waals surface area contributed by atoms with Crippen LogP contribution in [0.4, 0.5) is 0 Å². The highest BCUT2D eigenvalue weighted by Gasteiger charge is 2.42. The quantitative estimate of drug-likeness (QED) is 0.749. The van der Waals surface area contributed by atoms with Crippen LogP contribution < -0.4 is 4.74 Å². The summed E-state index contributed by atoms with van der Waals surface area (Å²) in [7, 11) is 1.41. The molecule has 0 bridgehead atoms. The number of rotatable bonds is 5. The lowest BCUT2D eigenvalue weighted by molar-refractivity contribution is -0.148. The normalized spacial score (nSPS) is 16.8. The maximum Gasteiger partial charge on any atom is 0.306 e. The zero-order valence-electron chi connectivity index (χ0n) is 10.8. The zero-order chi connectivity index (χ0) is 13.0. The van der Waals surface area contributed by atoms with Gasteiger partial charge in [0.2, 0.25) is 0 Å². The first-order valence-corrected chi connectivity index (χ1v) is 6.08. The van der Waals surface area contributed by atoms with Gasteiger partial charge < -0.3 is 14.2 Å². The lowest BCUT2D eigenvalue weighted by Crippen LogP contribution is -2.48. The van der Waals surface area contributed by atoms with Gasteiger partial charge in [0.05, 0.1) is 38.8 Å². The Morgan fingerprint density at radius 2 is 2.22 bits per heavy atom. The lowest BCUT2D eigenvalue weighted by Gasteiger charge is -2.41. The molecule has 18 heavy (non-hydrogen) atoms. The monoisotopic (exact) mass is 250 g/mol. The summed E-state index contributed by atoms with van der Waals surface area (Å²) < 4.78 is 15.5. The third kappa shape index (κ3) is 2.48. The number of methoxy groups -OCH3 is 1. The predicted octanol–water partition coefficient (Wildman–Crippen LogP) is 1.92. The standard InChI is InChI=1S/C14H18O4/c1-3-18-12-6-4-5-11(7-12)14(9-17-10-14)8-13(15)16-2/h4-7H,3,8-10H2,1-2H3. The van der Waals surface area contributed by atoms with Crippen LogP contribution in [-0.2, 0) is 19.7 Å². The van der Waals surface area contributed by atoms with E-state index in [4.69, 9.17) is 14.2 Å². The summed E-state index contributed by atoms with van der Waals surface area (Å²) in [5, 5.41) is 0. The number of carbonyl (C=O) groups excluding carboxylic acids is 1. The molecule has 0 radical (unpaired) electrons. The number of carbonyl (C=O) groups is 1. The van der Waals surface area contributed by atoms with Crippen LogP contribution >= 0.6 is 0 Å². The number of hydrogen-bond donors (Lipinski definition) is 0. The van der Waals surface area contributed by atoms with E-state index < -0.39 is 0 Å². The van der Waals surface area contributed by atoms with E-state index >= 15 is 0 Å². The molecular weight excluding hydrogens is 232 g/mol. The molecule has 0 N–H and O–H groups in total. The van der Waals surface area contributed by atoms with E-state index in [1.807, 2.05) is 31.2 Å².